The molecule has 1 N–H and O–H groups in total. The van der Waals surface area contributed by atoms with Crippen molar-refractivity contribution in [2.24, 2.45) is 7.05 Å². The van der Waals surface area contributed by atoms with E-state index in [1.165, 1.54) is 10.7 Å². The second-order valence-electron chi connectivity index (χ2n) is 4.09. The Morgan fingerprint density at radius 2 is 2.16 bits per heavy atom. The number of nitrogens with zero attached hydrogens (tertiary/aromatic N) is 2. The molecule has 0 unspecified atom stereocenters. The van der Waals surface area contributed by atoms with E-state index in [1.807, 2.05) is 6.92 Å². The van der Waals surface area contributed by atoms with Crippen molar-refractivity contribution in [3.05, 3.63) is 34.5 Å². The molecular weight excluding hydrogens is 268 g/mol. The summed E-state index contributed by atoms with van der Waals surface area (Å²) in [6, 6.07) is 5.00. The lowest BCUT2D eigenvalue weighted by Crippen LogP contribution is -2.00. The molecule has 0 radical (unpaired) electrons. The molecule has 0 spiro atoms. The number of methoxy groups -OCH3 is 1. The lowest BCUT2D eigenvalue weighted by molar-refractivity contribution is 0.0689. The topological polar surface area (TPSA) is 64.3 Å². The highest BCUT2D eigenvalue weighted by atomic mass is 35.5. The molecule has 2 aromatic rings. The zero-order valence-corrected chi connectivity index (χ0v) is 11.5. The number of aromatic carboxylic acids is 1. The number of ether oxygens (including phenoxy) is 1. The Morgan fingerprint density at radius 3 is 2.68 bits per heavy atom. The first kappa shape index (κ1) is 13.4. The highest BCUT2D eigenvalue weighted by Crippen LogP contribution is 2.36. The fourth-order valence-electron chi connectivity index (χ4n) is 1.96. The summed E-state index contributed by atoms with van der Waals surface area (Å²) in [5.41, 5.74) is 2.20. The van der Waals surface area contributed by atoms with E-state index in [0.717, 1.165) is 11.1 Å². The molecular formula is C13H13ClN2O3. The summed E-state index contributed by atoms with van der Waals surface area (Å²) >= 11 is 6.11. The molecule has 6 heteroatoms. The van der Waals surface area contributed by atoms with Crippen molar-refractivity contribution in [1.29, 1.82) is 0 Å². The van der Waals surface area contributed by atoms with Gasteiger partial charge in [0.2, 0.25) is 0 Å². The summed E-state index contributed by atoms with van der Waals surface area (Å²) < 4.78 is 6.82. The molecule has 0 aliphatic heterocycles. The van der Waals surface area contributed by atoms with Crippen LogP contribution >= 0.6 is 11.6 Å². The number of halogens is 1. The van der Waals surface area contributed by atoms with Gasteiger partial charge >= 0.3 is 5.97 Å². The van der Waals surface area contributed by atoms with Crippen molar-refractivity contribution in [3.63, 3.8) is 0 Å². The van der Waals surface area contributed by atoms with Gasteiger partial charge in [0, 0.05) is 17.6 Å². The van der Waals surface area contributed by atoms with Crippen LogP contribution < -0.4 is 4.74 Å². The zero-order valence-electron chi connectivity index (χ0n) is 10.8. The SMILES string of the molecule is COc1ccc(Cl)c(C)c1-c1cc(C(=O)O)nn1C. The monoisotopic (exact) mass is 280 g/mol. The highest BCUT2D eigenvalue weighted by Gasteiger charge is 2.18. The molecule has 1 aromatic carbocycles. The molecule has 19 heavy (non-hydrogen) atoms. The van der Waals surface area contributed by atoms with Crippen molar-refractivity contribution in [1.82, 2.24) is 9.78 Å². The van der Waals surface area contributed by atoms with Gasteiger partial charge in [0.1, 0.15) is 5.75 Å². The zero-order chi connectivity index (χ0) is 14.2. The molecule has 5 nitrogen and oxygen atoms in total. The molecule has 0 bridgehead atoms. The maximum absolute atomic E-state index is 11.0. The van der Waals surface area contributed by atoms with Gasteiger partial charge in [0.15, 0.2) is 5.69 Å². The molecule has 1 heterocycles. The van der Waals surface area contributed by atoms with E-state index in [1.54, 1.807) is 26.3 Å². The maximum Gasteiger partial charge on any atom is 0.356 e. The third kappa shape index (κ3) is 2.29. The Bertz CT molecular complexity index is 650. The van der Waals surface area contributed by atoms with Crippen molar-refractivity contribution < 1.29 is 14.6 Å². The van der Waals surface area contributed by atoms with Crippen LogP contribution in [0, 0.1) is 6.92 Å². The van der Waals surface area contributed by atoms with Crippen LogP contribution in [0.25, 0.3) is 11.3 Å². The molecule has 0 saturated carbocycles. The number of hydrogen-bond donors (Lipinski definition) is 1. The summed E-state index contributed by atoms with van der Waals surface area (Å²) in [4.78, 5) is 11.0. The number of aromatic nitrogens is 2. The van der Waals surface area contributed by atoms with Crippen molar-refractivity contribution in [3.8, 4) is 17.0 Å². The summed E-state index contributed by atoms with van der Waals surface area (Å²) in [6.45, 7) is 1.85. The van der Waals surface area contributed by atoms with Gasteiger partial charge in [-0.1, -0.05) is 11.6 Å². The summed E-state index contributed by atoms with van der Waals surface area (Å²) in [5, 5.41) is 13.5. The predicted octanol–water partition coefficient (Wildman–Crippen LogP) is 2.76. The number of carbonyl (C=O) groups is 1. The second kappa shape index (κ2) is 4.93. The first-order valence-electron chi connectivity index (χ1n) is 5.56. The van der Waals surface area contributed by atoms with Gasteiger partial charge in [-0.2, -0.15) is 5.10 Å². The fraction of sp³-hybridized carbons (Fsp3) is 0.231. The van der Waals surface area contributed by atoms with Crippen molar-refractivity contribution >= 4 is 17.6 Å². The maximum atomic E-state index is 11.0. The molecule has 0 amide bonds. The molecule has 0 aliphatic rings. The van der Waals surface area contributed by atoms with Crippen LogP contribution in [0.3, 0.4) is 0 Å². The number of hydrogen-bond acceptors (Lipinski definition) is 3. The van der Waals surface area contributed by atoms with Crippen LogP contribution in [-0.4, -0.2) is 28.0 Å². The van der Waals surface area contributed by atoms with Crippen LogP contribution in [0.4, 0.5) is 0 Å². The third-order valence-corrected chi connectivity index (χ3v) is 3.35. The Kier molecular flexibility index (Phi) is 3.48. The van der Waals surface area contributed by atoms with Crippen LogP contribution in [0.5, 0.6) is 5.75 Å². The quantitative estimate of drug-likeness (QED) is 0.939. The molecule has 0 atom stereocenters. The van der Waals surface area contributed by atoms with E-state index in [4.69, 9.17) is 21.4 Å². The molecule has 2 rings (SSSR count). The van der Waals surface area contributed by atoms with E-state index in [2.05, 4.69) is 5.10 Å². The molecule has 0 fully saturated rings. The van der Waals surface area contributed by atoms with Crippen LogP contribution in [0.1, 0.15) is 16.1 Å². The fourth-order valence-corrected chi connectivity index (χ4v) is 2.11. The molecule has 0 saturated heterocycles. The standard InChI is InChI=1S/C13H13ClN2O3/c1-7-8(14)4-5-11(19-3)12(7)10-6-9(13(17)18)15-16(10)2/h4-6H,1-3H3,(H,17,18). The summed E-state index contributed by atoms with van der Waals surface area (Å²) in [5.74, 6) is -0.442. The van der Waals surface area contributed by atoms with E-state index in [-0.39, 0.29) is 5.69 Å². The summed E-state index contributed by atoms with van der Waals surface area (Å²) in [7, 11) is 3.24. The van der Waals surface area contributed by atoms with E-state index in [0.29, 0.717) is 16.5 Å². The minimum absolute atomic E-state index is 0.0149. The van der Waals surface area contributed by atoms with E-state index < -0.39 is 5.97 Å². The number of rotatable bonds is 3. The van der Waals surface area contributed by atoms with Crippen LogP contribution in [0.15, 0.2) is 18.2 Å². The molecule has 0 aliphatic carbocycles. The lowest BCUT2D eigenvalue weighted by Gasteiger charge is -2.12. The smallest absolute Gasteiger partial charge is 0.356 e. The number of carboxylic acid groups (broad SMARTS) is 1. The number of carboxylic acids is 1. The van der Waals surface area contributed by atoms with Gasteiger partial charge in [-0.15, -0.1) is 0 Å². The highest BCUT2D eigenvalue weighted by molar-refractivity contribution is 6.31. The predicted molar refractivity (Wildman–Crippen MR) is 71.9 cm³/mol. The molecule has 100 valence electrons. The van der Waals surface area contributed by atoms with Gasteiger partial charge < -0.3 is 9.84 Å². The molecule has 1 aromatic heterocycles. The second-order valence-corrected chi connectivity index (χ2v) is 4.50. The average molecular weight is 281 g/mol. The Labute approximate surface area is 115 Å². The van der Waals surface area contributed by atoms with Crippen molar-refractivity contribution in [2.75, 3.05) is 7.11 Å². The van der Waals surface area contributed by atoms with Gasteiger partial charge in [0.05, 0.1) is 12.8 Å². The van der Waals surface area contributed by atoms with Crippen molar-refractivity contribution in [2.45, 2.75) is 6.92 Å². The Morgan fingerprint density at radius 1 is 1.47 bits per heavy atom. The number of benzene rings is 1. The van der Waals surface area contributed by atoms with Crippen LogP contribution in [-0.2, 0) is 7.05 Å². The lowest BCUT2D eigenvalue weighted by atomic mass is 10.0. The van der Waals surface area contributed by atoms with E-state index >= 15 is 0 Å². The first-order chi connectivity index (χ1) is 8.95. The normalized spacial score (nSPS) is 10.5. The van der Waals surface area contributed by atoms with Gasteiger partial charge in [-0.3, -0.25) is 4.68 Å². The first-order valence-corrected chi connectivity index (χ1v) is 5.94. The largest absolute Gasteiger partial charge is 0.496 e. The van der Waals surface area contributed by atoms with Gasteiger partial charge in [-0.25, -0.2) is 4.79 Å². The minimum Gasteiger partial charge on any atom is -0.496 e. The Hall–Kier alpha value is -2.01. The Balaban J connectivity index is 2.71. The van der Waals surface area contributed by atoms with Gasteiger partial charge in [-0.05, 0) is 30.7 Å². The average Bonchev–Trinajstić information content (AvgIpc) is 2.74. The minimum atomic E-state index is -1.07. The summed E-state index contributed by atoms with van der Waals surface area (Å²) in [6.07, 6.45) is 0. The van der Waals surface area contributed by atoms with Crippen LogP contribution in [0.2, 0.25) is 5.02 Å². The third-order valence-electron chi connectivity index (χ3n) is 2.94. The number of aryl methyl sites for hydroxylation is 1. The van der Waals surface area contributed by atoms with E-state index in [9.17, 15) is 4.79 Å². The van der Waals surface area contributed by atoms with Gasteiger partial charge in [0.25, 0.3) is 0 Å².